The normalized spacial score (nSPS) is 12.7. The summed E-state index contributed by atoms with van der Waals surface area (Å²) in [5.41, 5.74) is 1.08. The molecule has 0 aromatic heterocycles. The summed E-state index contributed by atoms with van der Waals surface area (Å²) in [7, 11) is 0. The van der Waals surface area contributed by atoms with E-state index in [-0.39, 0.29) is 6.42 Å². The van der Waals surface area contributed by atoms with Gasteiger partial charge in [0.2, 0.25) is 0 Å². The van der Waals surface area contributed by atoms with E-state index in [1.165, 1.54) is 0 Å². The van der Waals surface area contributed by atoms with Crippen LogP contribution in [0.4, 0.5) is 4.39 Å². The highest BCUT2D eigenvalue weighted by Crippen LogP contribution is 2.02. The standard InChI is InChI=1S/C11H15FO2/c12-11(8-13)6-7-14-9-10-4-2-1-3-5-10/h1-5,11,13H,6-9H2/t11-/m1/s1. The Morgan fingerprint density at radius 3 is 2.64 bits per heavy atom. The van der Waals surface area contributed by atoms with E-state index in [2.05, 4.69) is 0 Å². The maximum Gasteiger partial charge on any atom is 0.125 e. The minimum absolute atomic E-state index is 0.253. The van der Waals surface area contributed by atoms with Gasteiger partial charge in [0.15, 0.2) is 0 Å². The second-order valence-corrected chi connectivity index (χ2v) is 3.11. The maximum atomic E-state index is 12.5. The molecule has 0 unspecified atom stereocenters. The van der Waals surface area contributed by atoms with Crippen molar-refractivity contribution in [3.8, 4) is 0 Å². The summed E-state index contributed by atoms with van der Waals surface area (Å²) in [5.74, 6) is 0. The van der Waals surface area contributed by atoms with Crippen molar-refractivity contribution >= 4 is 0 Å². The van der Waals surface area contributed by atoms with Crippen molar-refractivity contribution in [1.29, 1.82) is 0 Å². The molecule has 1 N–H and O–H groups in total. The fourth-order valence-corrected chi connectivity index (χ4v) is 1.07. The van der Waals surface area contributed by atoms with Crippen LogP contribution >= 0.6 is 0 Å². The van der Waals surface area contributed by atoms with E-state index >= 15 is 0 Å². The maximum absolute atomic E-state index is 12.5. The van der Waals surface area contributed by atoms with Crippen molar-refractivity contribution < 1.29 is 14.2 Å². The van der Waals surface area contributed by atoms with Gasteiger partial charge in [-0.1, -0.05) is 30.3 Å². The Labute approximate surface area is 83.3 Å². The van der Waals surface area contributed by atoms with Crippen molar-refractivity contribution in [2.75, 3.05) is 13.2 Å². The summed E-state index contributed by atoms with van der Waals surface area (Å²) in [6, 6.07) is 9.72. The largest absolute Gasteiger partial charge is 0.393 e. The van der Waals surface area contributed by atoms with Gasteiger partial charge in [-0.05, 0) is 5.56 Å². The predicted octanol–water partition coefficient (Wildman–Crippen LogP) is 1.92. The Morgan fingerprint density at radius 1 is 1.29 bits per heavy atom. The highest BCUT2D eigenvalue weighted by atomic mass is 19.1. The van der Waals surface area contributed by atoms with E-state index in [0.29, 0.717) is 13.2 Å². The van der Waals surface area contributed by atoms with E-state index in [9.17, 15) is 4.39 Å². The van der Waals surface area contributed by atoms with Crippen LogP contribution < -0.4 is 0 Å². The van der Waals surface area contributed by atoms with Crippen molar-refractivity contribution in [2.24, 2.45) is 0 Å². The van der Waals surface area contributed by atoms with Gasteiger partial charge >= 0.3 is 0 Å². The molecule has 14 heavy (non-hydrogen) atoms. The lowest BCUT2D eigenvalue weighted by Crippen LogP contribution is -2.09. The van der Waals surface area contributed by atoms with E-state index < -0.39 is 12.8 Å². The first-order valence-corrected chi connectivity index (χ1v) is 4.69. The average molecular weight is 198 g/mol. The second kappa shape index (κ2) is 6.51. The summed E-state index contributed by atoms with van der Waals surface area (Å²) in [5, 5.41) is 8.42. The highest BCUT2D eigenvalue weighted by Gasteiger charge is 2.03. The van der Waals surface area contributed by atoms with Gasteiger partial charge in [0, 0.05) is 13.0 Å². The molecule has 0 amide bonds. The molecule has 3 heteroatoms. The van der Waals surface area contributed by atoms with Gasteiger partial charge in [0.05, 0.1) is 13.2 Å². The lowest BCUT2D eigenvalue weighted by Gasteiger charge is -2.05. The smallest absolute Gasteiger partial charge is 0.125 e. The lowest BCUT2D eigenvalue weighted by atomic mass is 10.2. The summed E-state index contributed by atoms with van der Waals surface area (Å²) in [6.45, 7) is 0.421. The monoisotopic (exact) mass is 198 g/mol. The van der Waals surface area contributed by atoms with E-state index in [1.807, 2.05) is 30.3 Å². The minimum Gasteiger partial charge on any atom is -0.393 e. The molecule has 1 atom stereocenters. The zero-order valence-electron chi connectivity index (χ0n) is 8.03. The van der Waals surface area contributed by atoms with Crippen LogP contribution in [0.1, 0.15) is 12.0 Å². The molecule has 1 aromatic rings. The molecule has 1 rings (SSSR count). The third kappa shape index (κ3) is 4.35. The number of alkyl halides is 1. The number of hydrogen-bond acceptors (Lipinski definition) is 2. The summed E-state index contributed by atoms with van der Waals surface area (Å²) < 4.78 is 17.8. The Bertz CT molecular complexity index is 238. The van der Waals surface area contributed by atoms with Gasteiger partial charge in [0.25, 0.3) is 0 Å². The molecule has 1 aromatic carbocycles. The third-order valence-electron chi connectivity index (χ3n) is 1.89. The number of benzene rings is 1. The number of aliphatic hydroxyl groups is 1. The molecule has 0 heterocycles. The number of hydrogen-bond donors (Lipinski definition) is 1. The number of halogens is 1. The van der Waals surface area contributed by atoms with Crippen LogP contribution in [0.5, 0.6) is 0 Å². The van der Waals surface area contributed by atoms with Gasteiger partial charge in [-0.25, -0.2) is 4.39 Å². The first-order chi connectivity index (χ1) is 6.83. The fourth-order valence-electron chi connectivity index (χ4n) is 1.07. The molecule has 0 bridgehead atoms. The average Bonchev–Trinajstić information content (AvgIpc) is 2.25. The molecule has 78 valence electrons. The Kier molecular flexibility index (Phi) is 5.19. The molecule has 0 saturated heterocycles. The van der Waals surface area contributed by atoms with Crippen LogP contribution in [0.3, 0.4) is 0 Å². The van der Waals surface area contributed by atoms with Crippen molar-refractivity contribution in [2.45, 2.75) is 19.2 Å². The summed E-state index contributed by atoms with van der Waals surface area (Å²) >= 11 is 0. The van der Waals surface area contributed by atoms with Crippen LogP contribution in [0.2, 0.25) is 0 Å². The molecule has 0 saturated carbocycles. The second-order valence-electron chi connectivity index (χ2n) is 3.11. The predicted molar refractivity (Wildman–Crippen MR) is 52.7 cm³/mol. The Hall–Kier alpha value is -0.930. The van der Waals surface area contributed by atoms with Crippen LogP contribution in [-0.2, 0) is 11.3 Å². The van der Waals surface area contributed by atoms with E-state index in [4.69, 9.17) is 9.84 Å². The fraction of sp³-hybridized carbons (Fsp3) is 0.455. The van der Waals surface area contributed by atoms with Crippen molar-refractivity contribution in [3.63, 3.8) is 0 Å². The van der Waals surface area contributed by atoms with E-state index in [0.717, 1.165) is 5.56 Å². The van der Waals surface area contributed by atoms with Gasteiger partial charge in [-0.15, -0.1) is 0 Å². The molecule has 0 spiro atoms. The Morgan fingerprint density at radius 2 is 2.00 bits per heavy atom. The van der Waals surface area contributed by atoms with E-state index in [1.54, 1.807) is 0 Å². The third-order valence-corrected chi connectivity index (χ3v) is 1.89. The van der Waals surface area contributed by atoms with Gasteiger partial charge in [-0.3, -0.25) is 0 Å². The molecular weight excluding hydrogens is 183 g/mol. The van der Waals surface area contributed by atoms with Gasteiger partial charge in [0.1, 0.15) is 6.17 Å². The summed E-state index contributed by atoms with van der Waals surface area (Å²) in [4.78, 5) is 0. The van der Waals surface area contributed by atoms with Crippen LogP contribution in [0, 0.1) is 0 Å². The molecule has 2 nitrogen and oxygen atoms in total. The van der Waals surface area contributed by atoms with Gasteiger partial charge < -0.3 is 9.84 Å². The SMILES string of the molecule is OC[C@H](F)CCOCc1ccccc1. The molecule has 0 fully saturated rings. The highest BCUT2D eigenvalue weighted by molar-refractivity contribution is 5.13. The lowest BCUT2D eigenvalue weighted by molar-refractivity contribution is 0.0825. The van der Waals surface area contributed by atoms with Crippen LogP contribution in [0.15, 0.2) is 30.3 Å². The number of ether oxygens (including phenoxy) is 1. The van der Waals surface area contributed by atoms with Crippen molar-refractivity contribution in [1.82, 2.24) is 0 Å². The molecule has 0 aliphatic rings. The Balaban J connectivity index is 2.10. The first kappa shape index (κ1) is 11.1. The topological polar surface area (TPSA) is 29.5 Å². The number of aliphatic hydroxyl groups excluding tert-OH is 1. The molecule has 0 radical (unpaired) electrons. The molecule has 0 aliphatic heterocycles. The summed E-state index contributed by atoms with van der Waals surface area (Å²) in [6.07, 6.45) is -0.908. The minimum atomic E-state index is -1.16. The quantitative estimate of drug-likeness (QED) is 0.708. The molecular formula is C11H15FO2. The zero-order valence-corrected chi connectivity index (χ0v) is 8.03. The van der Waals surface area contributed by atoms with Gasteiger partial charge in [-0.2, -0.15) is 0 Å². The zero-order chi connectivity index (χ0) is 10.2. The molecule has 0 aliphatic carbocycles. The van der Waals surface area contributed by atoms with Crippen LogP contribution in [-0.4, -0.2) is 24.5 Å². The van der Waals surface area contributed by atoms with Crippen LogP contribution in [0.25, 0.3) is 0 Å². The first-order valence-electron chi connectivity index (χ1n) is 4.69. The number of rotatable bonds is 6. The van der Waals surface area contributed by atoms with Crippen molar-refractivity contribution in [3.05, 3.63) is 35.9 Å².